The molecule has 8 fully saturated rings. The first-order chi connectivity index (χ1) is 20.4. The SMILES string of the molecule is C[C@@H]1C[C@H]2O[C@]3(O[C@@H]2C(C)(C)O)[C@@H]1[C@@]1(C)CC[C@@]24C[C@@]25CC[C@H](O[C@@H]2OC[C@H](O)[C@@H](O)[C@@H]2O)C(C)(C)[C@@H]5CC[C@@H]4[C@]1(C)[C@H]3O. The Kier molecular flexibility index (Phi) is 6.33. The number of fused-ring (bicyclic) bond motifs is 4. The van der Waals surface area contributed by atoms with Crippen LogP contribution in [0, 0.1) is 50.7 Å². The van der Waals surface area contributed by atoms with E-state index in [1.54, 1.807) is 13.8 Å². The summed E-state index contributed by atoms with van der Waals surface area (Å²) >= 11 is 0. The zero-order chi connectivity index (χ0) is 31.6. The van der Waals surface area contributed by atoms with Crippen LogP contribution in [0.3, 0.4) is 0 Å². The van der Waals surface area contributed by atoms with Gasteiger partial charge in [0.2, 0.25) is 0 Å². The first-order valence-corrected chi connectivity index (χ1v) is 17.5. The van der Waals surface area contributed by atoms with Gasteiger partial charge in [0, 0.05) is 11.3 Å². The van der Waals surface area contributed by atoms with Gasteiger partial charge in [0.15, 0.2) is 12.1 Å². The standard InChI is InChI=1S/C35H56O9/c1-17-14-19-26(30(4,5)40)44-35(43-19)25(17)31(6)12-13-34-16-33(34)11-10-22(42-27-24(38)23(37)18(36)15-41-27)29(2,3)20(33)8-9-21(34)32(31,7)28(35)39/h17-28,36-40H,8-16H2,1-7H3/t17-,18+,19-,20+,21-,22+,23-,24+,25+,26+,27+,28-,31-,32-,33-,34+,35+/m1/s1. The van der Waals surface area contributed by atoms with E-state index in [1.807, 2.05) is 0 Å². The predicted octanol–water partition coefficient (Wildman–Crippen LogP) is 3.12. The lowest BCUT2D eigenvalue weighted by atomic mass is 9.41. The largest absolute Gasteiger partial charge is 0.388 e. The average molecular weight is 621 g/mol. The third-order valence-electron chi connectivity index (χ3n) is 15.9. The van der Waals surface area contributed by atoms with E-state index in [1.165, 1.54) is 6.42 Å². The molecule has 3 aliphatic heterocycles. The Morgan fingerprint density at radius 1 is 0.841 bits per heavy atom. The molecule has 3 heterocycles. The van der Waals surface area contributed by atoms with Crippen molar-refractivity contribution in [1.29, 1.82) is 0 Å². The maximum Gasteiger partial charge on any atom is 0.199 e. The van der Waals surface area contributed by atoms with Crippen molar-refractivity contribution >= 4 is 0 Å². The van der Waals surface area contributed by atoms with Gasteiger partial charge in [-0.05, 0) is 105 Å². The van der Waals surface area contributed by atoms with Crippen molar-refractivity contribution in [1.82, 2.24) is 0 Å². The Balaban J connectivity index is 1.10. The van der Waals surface area contributed by atoms with Crippen LogP contribution in [0.15, 0.2) is 0 Å². The Bertz CT molecular complexity index is 1200. The molecular weight excluding hydrogens is 564 g/mol. The fourth-order valence-corrected chi connectivity index (χ4v) is 14.0. The second-order valence-electron chi connectivity index (χ2n) is 18.3. The maximum absolute atomic E-state index is 12.7. The van der Waals surface area contributed by atoms with Crippen molar-refractivity contribution in [3.05, 3.63) is 0 Å². The quantitative estimate of drug-likeness (QED) is 0.301. The van der Waals surface area contributed by atoms with E-state index in [2.05, 4.69) is 34.6 Å². The molecule has 5 aliphatic carbocycles. The van der Waals surface area contributed by atoms with Crippen molar-refractivity contribution in [2.75, 3.05) is 6.61 Å². The number of ether oxygens (including phenoxy) is 4. The molecule has 9 nitrogen and oxygen atoms in total. The third kappa shape index (κ3) is 3.38. The topological polar surface area (TPSA) is 138 Å². The van der Waals surface area contributed by atoms with Crippen LogP contribution in [0.1, 0.15) is 99.8 Å². The number of aliphatic hydroxyl groups excluding tert-OH is 4. The summed E-state index contributed by atoms with van der Waals surface area (Å²) in [6.45, 7) is 15.2. The van der Waals surface area contributed by atoms with Crippen LogP contribution in [-0.2, 0) is 18.9 Å². The first kappa shape index (κ1) is 30.9. The Morgan fingerprint density at radius 2 is 1.52 bits per heavy atom. The zero-order valence-corrected chi connectivity index (χ0v) is 27.7. The summed E-state index contributed by atoms with van der Waals surface area (Å²) in [7, 11) is 0. The van der Waals surface area contributed by atoms with E-state index >= 15 is 0 Å². The fourth-order valence-electron chi connectivity index (χ4n) is 14.0. The number of hydrogen-bond acceptors (Lipinski definition) is 9. The molecule has 8 aliphatic rings. The normalized spacial score (nSPS) is 62.2. The minimum Gasteiger partial charge on any atom is -0.388 e. The molecule has 3 spiro atoms. The van der Waals surface area contributed by atoms with Gasteiger partial charge in [-0.2, -0.15) is 0 Å². The Labute approximate surface area is 262 Å². The van der Waals surface area contributed by atoms with Crippen LogP contribution in [0.4, 0.5) is 0 Å². The molecule has 250 valence electrons. The van der Waals surface area contributed by atoms with Gasteiger partial charge in [-0.15, -0.1) is 0 Å². The number of aliphatic hydroxyl groups is 5. The van der Waals surface area contributed by atoms with Crippen molar-refractivity contribution < 1.29 is 44.5 Å². The number of rotatable bonds is 3. The van der Waals surface area contributed by atoms with Gasteiger partial charge in [-0.3, -0.25) is 0 Å². The van der Waals surface area contributed by atoms with Crippen LogP contribution >= 0.6 is 0 Å². The smallest absolute Gasteiger partial charge is 0.199 e. The lowest BCUT2D eigenvalue weighted by molar-refractivity contribution is -0.303. The molecule has 5 saturated carbocycles. The fraction of sp³-hybridized carbons (Fsp3) is 1.00. The molecule has 0 aromatic heterocycles. The molecule has 17 atom stereocenters. The Hall–Kier alpha value is -0.360. The van der Waals surface area contributed by atoms with Crippen LogP contribution in [0.2, 0.25) is 0 Å². The molecule has 0 amide bonds. The number of hydrogen-bond donors (Lipinski definition) is 5. The minimum atomic E-state index is -1.28. The minimum absolute atomic E-state index is 0.0559. The highest BCUT2D eigenvalue weighted by molar-refractivity contribution is 5.34. The summed E-state index contributed by atoms with van der Waals surface area (Å²) in [5.74, 6) is 0.108. The summed E-state index contributed by atoms with van der Waals surface area (Å²) in [5.41, 5.74) is -1.39. The summed E-state index contributed by atoms with van der Waals surface area (Å²) < 4.78 is 25.8. The first-order valence-electron chi connectivity index (χ1n) is 17.5. The van der Waals surface area contributed by atoms with Gasteiger partial charge in [-0.1, -0.05) is 34.6 Å². The molecule has 0 radical (unpaired) electrons. The van der Waals surface area contributed by atoms with Crippen LogP contribution in [0.25, 0.3) is 0 Å². The van der Waals surface area contributed by atoms with Gasteiger partial charge in [0.25, 0.3) is 0 Å². The van der Waals surface area contributed by atoms with Crippen molar-refractivity contribution in [3.8, 4) is 0 Å². The van der Waals surface area contributed by atoms with Crippen LogP contribution in [-0.4, -0.2) is 92.5 Å². The molecule has 0 unspecified atom stereocenters. The second kappa shape index (κ2) is 9.00. The van der Waals surface area contributed by atoms with Gasteiger partial charge >= 0.3 is 0 Å². The zero-order valence-electron chi connectivity index (χ0n) is 27.7. The molecule has 3 saturated heterocycles. The van der Waals surface area contributed by atoms with E-state index in [4.69, 9.17) is 18.9 Å². The highest BCUT2D eigenvalue weighted by atomic mass is 16.8. The Morgan fingerprint density at radius 3 is 2.23 bits per heavy atom. The summed E-state index contributed by atoms with van der Waals surface area (Å²) in [5, 5.41) is 54.5. The van der Waals surface area contributed by atoms with Gasteiger partial charge in [-0.25, -0.2) is 0 Å². The summed E-state index contributed by atoms with van der Waals surface area (Å²) in [6, 6.07) is 0. The van der Waals surface area contributed by atoms with E-state index in [9.17, 15) is 25.5 Å². The molecule has 44 heavy (non-hydrogen) atoms. The lowest BCUT2D eigenvalue weighted by Gasteiger charge is -2.63. The third-order valence-corrected chi connectivity index (χ3v) is 15.9. The van der Waals surface area contributed by atoms with E-state index < -0.39 is 48.2 Å². The molecule has 5 N–H and O–H groups in total. The van der Waals surface area contributed by atoms with Crippen molar-refractivity contribution in [3.63, 3.8) is 0 Å². The molecule has 2 bridgehead atoms. The van der Waals surface area contributed by atoms with Gasteiger partial charge < -0.3 is 44.5 Å². The molecule has 0 aromatic carbocycles. The summed E-state index contributed by atoms with van der Waals surface area (Å²) in [4.78, 5) is 0. The monoisotopic (exact) mass is 620 g/mol. The molecular formula is C35H56O9. The highest BCUT2D eigenvalue weighted by Gasteiger charge is 2.88. The van der Waals surface area contributed by atoms with Crippen LogP contribution < -0.4 is 0 Å². The highest BCUT2D eigenvalue weighted by Crippen LogP contribution is 2.90. The maximum atomic E-state index is 12.7. The molecule has 0 aromatic rings. The lowest BCUT2D eigenvalue weighted by Crippen LogP contribution is -2.61. The van der Waals surface area contributed by atoms with Gasteiger partial charge in [0.05, 0.1) is 24.4 Å². The van der Waals surface area contributed by atoms with Crippen molar-refractivity contribution in [2.45, 2.75) is 160 Å². The van der Waals surface area contributed by atoms with E-state index in [0.29, 0.717) is 17.8 Å². The second-order valence-corrected chi connectivity index (χ2v) is 18.3. The molecule has 9 heteroatoms. The molecule has 8 rings (SSSR count). The summed E-state index contributed by atoms with van der Waals surface area (Å²) in [6.07, 6.45) is 2.00. The van der Waals surface area contributed by atoms with Crippen LogP contribution in [0.5, 0.6) is 0 Å². The average Bonchev–Trinajstić information content (AvgIpc) is 3.45. The predicted molar refractivity (Wildman–Crippen MR) is 159 cm³/mol. The van der Waals surface area contributed by atoms with Gasteiger partial charge in [0.1, 0.15) is 30.5 Å². The van der Waals surface area contributed by atoms with E-state index in [0.717, 1.165) is 44.9 Å². The van der Waals surface area contributed by atoms with Crippen molar-refractivity contribution in [2.24, 2.45) is 50.7 Å². The van der Waals surface area contributed by atoms with E-state index in [-0.39, 0.29) is 51.8 Å².